The third-order valence-electron chi connectivity index (χ3n) is 11.7. The van der Waals surface area contributed by atoms with Crippen LogP contribution in [0.1, 0.15) is 16.4 Å². The molecular weight excluding hydrogens is 949 g/mol. The summed E-state index contributed by atoms with van der Waals surface area (Å²) >= 11 is 0. The fraction of sp³-hybridized carbons (Fsp3) is 0. The van der Waals surface area contributed by atoms with Gasteiger partial charge in [0.1, 0.15) is 0 Å². The zero-order valence-corrected chi connectivity index (χ0v) is 40.7. The van der Waals surface area contributed by atoms with Gasteiger partial charge in [-0.25, -0.2) is 29.9 Å². The van der Waals surface area contributed by atoms with Crippen LogP contribution in [0.3, 0.4) is 0 Å². The van der Waals surface area contributed by atoms with Crippen molar-refractivity contribution in [3.63, 3.8) is 0 Å². The summed E-state index contributed by atoms with van der Waals surface area (Å²) in [6, 6.07) is 69.1. The highest BCUT2D eigenvalue weighted by molar-refractivity contribution is 7.87. The predicted octanol–water partition coefficient (Wildman–Crippen LogP) is 5.85. The Morgan fingerprint density at radius 2 is 0.371 bits per heavy atom. The minimum Gasteiger partial charge on any atom is -0.305 e. The van der Waals surface area contributed by atoms with Crippen LogP contribution in [-0.4, -0.2) is 35.7 Å². The minimum absolute atomic E-state index is 0.321. The molecule has 70 heavy (non-hydrogen) atoms. The summed E-state index contributed by atoms with van der Waals surface area (Å²) in [7, 11) is -16.5. The van der Waals surface area contributed by atoms with Gasteiger partial charge in [0.05, 0.1) is 0 Å². The van der Waals surface area contributed by atoms with E-state index in [1.165, 1.54) is 0 Å². The Balaban J connectivity index is 1.30. The summed E-state index contributed by atoms with van der Waals surface area (Å²) in [4.78, 5) is 44.6. The first-order valence-corrected chi connectivity index (χ1v) is 28.9. The molecule has 0 N–H and O–H groups in total. The van der Waals surface area contributed by atoms with Gasteiger partial charge in [0.2, 0.25) is 62.5 Å². The molecule has 0 bridgehead atoms. The number of hydrogen-bond donors (Lipinski definition) is 0. The average molecular weight is 989 g/mol. The first kappa shape index (κ1) is 46.1. The van der Waals surface area contributed by atoms with Gasteiger partial charge in [-0.1, -0.05) is 243 Å². The molecule has 340 valence electrons. The normalized spacial score (nSPS) is 12.0. The number of hydrogen-bond acceptors (Lipinski definition) is 11. The van der Waals surface area contributed by atoms with Gasteiger partial charge in [0.25, 0.3) is 5.78 Å². The van der Waals surface area contributed by atoms with E-state index in [1.807, 2.05) is 0 Å². The second-order valence-corrected chi connectivity index (χ2v) is 26.6. The summed E-state index contributed by atoms with van der Waals surface area (Å²) in [6.45, 7) is 0. The van der Waals surface area contributed by atoms with E-state index in [2.05, 4.69) is 0 Å². The van der Waals surface area contributed by atoms with Crippen molar-refractivity contribution in [1.29, 1.82) is 0 Å². The number of carbonyl (C=O) groups is 1. The zero-order chi connectivity index (χ0) is 48.2. The van der Waals surface area contributed by atoms with Crippen molar-refractivity contribution in [2.45, 2.75) is 0 Å². The maximum atomic E-state index is 16.2. The Labute approximate surface area is 404 Å². The number of rotatable bonds is 14. The highest BCUT2D eigenvalue weighted by Crippen LogP contribution is 2.46. The predicted molar refractivity (Wildman–Crippen MR) is 281 cm³/mol. The van der Waals surface area contributed by atoms with Gasteiger partial charge >= 0.3 is 0 Å². The van der Waals surface area contributed by atoms with E-state index < -0.39 is 46.0 Å². The molecule has 0 fully saturated rings. The molecule has 0 spiro atoms. The molecule has 8 aromatic carbocycles. The van der Waals surface area contributed by atoms with Crippen LogP contribution in [0.4, 0.5) is 0 Å². The lowest BCUT2D eigenvalue weighted by Crippen LogP contribution is -2.41. The standard InChI is InChI=1S/C55H40N6O5P4/c62-49(50-56-52(67(63,41-25-9-1-10-26-41)42-27-11-2-12-28-42)60-53(57-50)68(64,43-29-13-3-14-30-43)44-31-15-4-16-32-44)51-58-54(69(65,45-33-17-5-18-34-45)46-35-19-6-20-36-46)61-55(59-51)70(66,47-37-21-7-22-38-47)48-39-23-8-24-40-48/h1-40H. The molecule has 0 saturated carbocycles. The lowest BCUT2D eigenvalue weighted by atomic mass is 10.3. The number of nitrogens with zero attached hydrogens (tertiary/aromatic N) is 6. The molecule has 0 aliphatic carbocycles. The third-order valence-corrected chi connectivity index (χ3v) is 23.0. The van der Waals surface area contributed by atoms with E-state index in [0.29, 0.717) is 42.4 Å². The van der Waals surface area contributed by atoms with Gasteiger partial charge in [-0.2, -0.15) is 0 Å². The fourth-order valence-corrected chi connectivity index (χ4v) is 18.0. The molecular formula is C55H40N6O5P4. The van der Waals surface area contributed by atoms with Crippen molar-refractivity contribution in [3.8, 4) is 0 Å². The lowest BCUT2D eigenvalue weighted by molar-refractivity contribution is 0.102. The van der Waals surface area contributed by atoms with Gasteiger partial charge in [0.15, 0.2) is 0 Å². The van der Waals surface area contributed by atoms with Crippen molar-refractivity contribution in [2.24, 2.45) is 0 Å². The topological polar surface area (TPSA) is 163 Å². The summed E-state index contributed by atoms with van der Waals surface area (Å²) < 4.78 is 64.8. The van der Waals surface area contributed by atoms with Gasteiger partial charge in [0, 0.05) is 42.4 Å². The van der Waals surface area contributed by atoms with Gasteiger partial charge < -0.3 is 18.3 Å². The molecule has 2 heterocycles. The van der Waals surface area contributed by atoms with Crippen molar-refractivity contribution >= 4 is 99.0 Å². The van der Waals surface area contributed by atoms with Crippen molar-refractivity contribution in [3.05, 3.63) is 254 Å². The Hall–Kier alpha value is -7.63. The van der Waals surface area contributed by atoms with Crippen LogP contribution in [-0.2, 0) is 18.3 Å². The molecule has 11 nitrogen and oxygen atoms in total. The first-order valence-electron chi connectivity index (χ1n) is 22.1. The smallest absolute Gasteiger partial charge is 0.267 e. The van der Waals surface area contributed by atoms with Crippen LogP contribution in [0, 0.1) is 0 Å². The summed E-state index contributed by atoms with van der Waals surface area (Å²) in [5.41, 5.74) is -1.28. The van der Waals surface area contributed by atoms with E-state index in [0.717, 1.165) is 0 Å². The van der Waals surface area contributed by atoms with E-state index in [9.17, 15) is 0 Å². The summed E-state index contributed by atoms with van der Waals surface area (Å²) in [5.74, 6) is -2.26. The Morgan fingerprint density at radius 1 is 0.229 bits per heavy atom. The highest BCUT2D eigenvalue weighted by Gasteiger charge is 2.43. The minimum atomic E-state index is -4.12. The van der Waals surface area contributed by atoms with E-state index in [-0.39, 0.29) is 22.3 Å². The first-order chi connectivity index (χ1) is 34.1. The average Bonchev–Trinajstić information content (AvgIpc) is 3.45. The molecule has 10 rings (SSSR count). The SMILES string of the molecule is O=C(c1nc(P(=O)(c2ccccc2)c2ccccc2)nc(P(=O)(c2ccccc2)c2ccccc2)n1)c1nc(P(=O)(c2ccccc2)c2ccccc2)nc(P(=O)(c2ccccc2)c2ccccc2)n1. The second-order valence-electron chi connectivity index (χ2n) is 16.0. The van der Waals surface area contributed by atoms with Crippen LogP contribution in [0.5, 0.6) is 0 Å². The van der Waals surface area contributed by atoms with Gasteiger partial charge in [-0.15, -0.1) is 0 Å². The number of ketones is 1. The van der Waals surface area contributed by atoms with Crippen LogP contribution in [0.25, 0.3) is 0 Å². The van der Waals surface area contributed by atoms with Crippen LogP contribution in [0.2, 0.25) is 0 Å². The van der Waals surface area contributed by atoms with Gasteiger partial charge in [-0.3, -0.25) is 4.79 Å². The molecule has 0 aliphatic rings. The molecule has 15 heteroatoms. The Kier molecular flexibility index (Phi) is 12.8. The second kappa shape index (κ2) is 19.4. The molecule has 0 atom stereocenters. The van der Waals surface area contributed by atoms with Crippen molar-refractivity contribution < 1.29 is 23.1 Å². The zero-order valence-electron chi connectivity index (χ0n) is 37.1. The molecule has 10 aromatic rings. The lowest BCUT2D eigenvalue weighted by Gasteiger charge is -2.23. The maximum Gasteiger partial charge on any atom is 0.267 e. The van der Waals surface area contributed by atoms with Crippen LogP contribution < -0.4 is 64.7 Å². The number of carbonyl (C=O) groups excluding carboxylic acids is 1. The molecule has 0 amide bonds. The monoisotopic (exact) mass is 988 g/mol. The summed E-state index contributed by atoms with van der Waals surface area (Å²) in [5, 5.41) is 2.73. The molecule has 0 radical (unpaired) electrons. The quantitative estimate of drug-likeness (QED) is 0.0950. The molecule has 0 unspecified atom stereocenters. The highest BCUT2D eigenvalue weighted by atomic mass is 31.2. The number of benzene rings is 8. The van der Waals surface area contributed by atoms with Crippen molar-refractivity contribution in [2.75, 3.05) is 0 Å². The van der Waals surface area contributed by atoms with Crippen LogP contribution in [0.15, 0.2) is 243 Å². The molecule has 0 aliphatic heterocycles. The Bertz CT molecular complexity index is 3030. The van der Waals surface area contributed by atoms with E-state index >= 15 is 23.1 Å². The van der Waals surface area contributed by atoms with Crippen LogP contribution >= 0.6 is 28.6 Å². The fourth-order valence-electron chi connectivity index (χ4n) is 8.20. The molecule has 0 saturated heterocycles. The summed E-state index contributed by atoms with van der Waals surface area (Å²) in [6.07, 6.45) is 0. The molecule has 2 aromatic heterocycles. The van der Waals surface area contributed by atoms with E-state index in [4.69, 9.17) is 29.9 Å². The number of aromatic nitrogens is 6. The van der Waals surface area contributed by atoms with Crippen molar-refractivity contribution in [1.82, 2.24) is 29.9 Å². The van der Waals surface area contributed by atoms with E-state index in [1.54, 1.807) is 243 Å². The maximum absolute atomic E-state index is 16.2. The third kappa shape index (κ3) is 8.27. The largest absolute Gasteiger partial charge is 0.305 e. The Morgan fingerprint density at radius 3 is 0.514 bits per heavy atom. The van der Waals surface area contributed by atoms with Gasteiger partial charge in [-0.05, 0) is 0 Å².